The summed E-state index contributed by atoms with van der Waals surface area (Å²) in [6, 6.07) is 18.4. The van der Waals surface area contributed by atoms with Crippen LogP contribution in [0.2, 0.25) is 5.15 Å². The first-order chi connectivity index (χ1) is 28.6. The summed E-state index contributed by atoms with van der Waals surface area (Å²) in [5.41, 5.74) is 5.32. The number of halogens is 1. The molecule has 4 heterocycles. The molecule has 0 aliphatic carbocycles. The Hall–Kier alpha value is -5.89. The smallest absolute Gasteiger partial charge is 0.407 e. The van der Waals surface area contributed by atoms with Crippen molar-refractivity contribution in [3.8, 4) is 33.6 Å². The maximum absolute atomic E-state index is 13.8. The monoisotopic (exact) mass is 836 g/mol. The van der Waals surface area contributed by atoms with Crippen molar-refractivity contribution in [3.63, 3.8) is 0 Å². The van der Waals surface area contributed by atoms with Gasteiger partial charge < -0.3 is 40.2 Å². The Bertz CT molecular complexity index is 2390. The SMILES string of the molecule is COC(=O)N[C@H](C(=O)N1[C@@H](C)CC[C@H]1c1nc(Cl)c(-c2ccc3cc(-c4ccc(-c5c[nH]c([C@@H]6CC[C@H](C)N6C(=O)[C@@H](NC(=O)O)C(C)C)n5)cc4)ccc3c2)[nH]1)C(C)C. The number of aromatic nitrogens is 4. The molecule has 5 aromatic rings. The van der Waals surface area contributed by atoms with Crippen molar-refractivity contribution in [2.45, 2.75) is 103 Å². The molecule has 5 N–H and O–H groups in total. The second-order valence-electron chi connectivity index (χ2n) is 16.7. The molecule has 15 heteroatoms. The summed E-state index contributed by atoms with van der Waals surface area (Å²) in [7, 11) is 1.28. The molecule has 6 atom stereocenters. The zero-order valence-electron chi connectivity index (χ0n) is 35.0. The van der Waals surface area contributed by atoms with Crippen LogP contribution < -0.4 is 10.6 Å². The summed E-state index contributed by atoms with van der Waals surface area (Å²) in [4.78, 5) is 70.9. The number of imidazole rings is 2. The summed E-state index contributed by atoms with van der Waals surface area (Å²) in [6.45, 7) is 11.4. The summed E-state index contributed by atoms with van der Waals surface area (Å²) < 4.78 is 4.79. The lowest BCUT2D eigenvalue weighted by Crippen LogP contribution is -2.52. The fourth-order valence-corrected chi connectivity index (χ4v) is 8.95. The van der Waals surface area contributed by atoms with Crippen LogP contribution in [0.4, 0.5) is 9.59 Å². The van der Waals surface area contributed by atoms with Crippen LogP contribution in [-0.4, -0.2) is 90.1 Å². The number of H-pyrrole nitrogens is 2. The Morgan fingerprint density at radius 2 is 1.25 bits per heavy atom. The minimum atomic E-state index is -1.22. The predicted octanol–water partition coefficient (Wildman–Crippen LogP) is 8.72. The van der Waals surface area contributed by atoms with E-state index in [9.17, 15) is 24.3 Å². The number of benzene rings is 3. The lowest BCUT2D eigenvalue weighted by molar-refractivity contribution is -0.138. The van der Waals surface area contributed by atoms with Crippen LogP contribution in [0, 0.1) is 11.8 Å². The van der Waals surface area contributed by atoms with Gasteiger partial charge in [0.2, 0.25) is 11.8 Å². The third-order valence-corrected chi connectivity index (χ3v) is 12.3. The summed E-state index contributed by atoms with van der Waals surface area (Å²) >= 11 is 6.77. The highest BCUT2D eigenvalue weighted by Crippen LogP contribution is 2.40. The van der Waals surface area contributed by atoms with Crippen LogP contribution in [0.5, 0.6) is 0 Å². The third kappa shape index (κ3) is 8.43. The minimum Gasteiger partial charge on any atom is -0.465 e. The molecule has 2 aromatic heterocycles. The molecule has 0 radical (unpaired) electrons. The molecule has 14 nitrogen and oxygen atoms in total. The first kappa shape index (κ1) is 42.2. The van der Waals surface area contributed by atoms with E-state index < -0.39 is 24.3 Å². The minimum absolute atomic E-state index is 0.0460. The number of methoxy groups -OCH3 is 1. The number of alkyl carbamates (subject to hydrolysis) is 1. The fraction of sp³-hybridized carbons (Fsp3) is 0.422. The molecular weight excluding hydrogens is 784 g/mol. The largest absolute Gasteiger partial charge is 0.465 e. The Balaban J connectivity index is 1.06. The Labute approximate surface area is 354 Å². The normalized spacial score (nSPS) is 20.2. The molecule has 0 bridgehead atoms. The number of aromatic amines is 2. The lowest BCUT2D eigenvalue weighted by Gasteiger charge is -2.32. The van der Waals surface area contributed by atoms with E-state index in [0.717, 1.165) is 58.0 Å². The number of amides is 4. The molecule has 3 aromatic carbocycles. The van der Waals surface area contributed by atoms with Crippen LogP contribution in [-0.2, 0) is 14.3 Å². The number of fused-ring (bicyclic) bond motifs is 1. The molecule has 2 aliphatic rings. The molecular formula is C45H53ClN8O6. The van der Waals surface area contributed by atoms with E-state index in [-0.39, 0.29) is 47.8 Å². The number of nitrogens with zero attached hydrogens (tertiary/aromatic N) is 4. The number of rotatable bonds is 11. The van der Waals surface area contributed by atoms with E-state index in [4.69, 9.17) is 26.3 Å². The van der Waals surface area contributed by atoms with Gasteiger partial charge in [0.25, 0.3) is 0 Å². The van der Waals surface area contributed by atoms with Crippen molar-refractivity contribution in [3.05, 3.63) is 83.7 Å². The number of nitrogens with one attached hydrogen (secondary N) is 4. The highest BCUT2D eigenvalue weighted by molar-refractivity contribution is 6.32. The standard InChI is InChI=1S/C45H53ClN8O6/c1-23(2)36(50-44(57)58)42(55)53-25(5)8-18-34(53)40-47-22-33(48-40)28-12-10-27(11-13-28)29-14-15-31-21-32(17-16-30(31)20-29)38-39(46)52-41(49-38)35-19-9-26(6)54(35)43(56)37(24(3)4)51-45(59)60-7/h10-17,20-26,34-37,50H,8-9,18-19H2,1-7H3,(H,47,48)(H,49,52)(H,51,59)(H,57,58)/t25-,26-,34-,35-,36-,37-/m0/s1. The maximum atomic E-state index is 13.8. The Morgan fingerprint density at radius 1 is 0.733 bits per heavy atom. The van der Waals surface area contributed by atoms with Gasteiger partial charge in [0, 0.05) is 29.4 Å². The van der Waals surface area contributed by atoms with Crippen molar-refractivity contribution in [2.24, 2.45) is 11.8 Å². The van der Waals surface area contributed by atoms with Crippen LogP contribution in [0.1, 0.15) is 91.0 Å². The van der Waals surface area contributed by atoms with Crippen molar-refractivity contribution in [2.75, 3.05) is 7.11 Å². The van der Waals surface area contributed by atoms with E-state index in [1.807, 2.05) is 70.8 Å². The van der Waals surface area contributed by atoms with Gasteiger partial charge in [-0.25, -0.2) is 19.6 Å². The number of carboxylic acid groups (broad SMARTS) is 1. The molecule has 60 heavy (non-hydrogen) atoms. The number of likely N-dealkylation sites (tertiary alicyclic amines) is 2. The van der Waals surface area contributed by atoms with E-state index in [1.165, 1.54) is 7.11 Å². The molecule has 2 fully saturated rings. The molecule has 4 amide bonds. The van der Waals surface area contributed by atoms with Gasteiger partial charge in [0.15, 0.2) is 5.15 Å². The second-order valence-corrected chi connectivity index (χ2v) is 17.1. The van der Waals surface area contributed by atoms with E-state index in [0.29, 0.717) is 28.9 Å². The molecule has 2 aliphatic heterocycles. The van der Waals surface area contributed by atoms with Crippen molar-refractivity contribution in [1.29, 1.82) is 0 Å². The first-order valence-electron chi connectivity index (χ1n) is 20.6. The van der Waals surface area contributed by atoms with Gasteiger partial charge in [0.1, 0.15) is 23.7 Å². The van der Waals surface area contributed by atoms with Crippen molar-refractivity contribution >= 4 is 46.4 Å². The predicted molar refractivity (Wildman–Crippen MR) is 230 cm³/mol. The topological polar surface area (TPSA) is 186 Å². The highest BCUT2D eigenvalue weighted by Gasteiger charge is 2.43. The van der Waals surface area contributed by atoms with Gasteiger partial charge in [-0.1, -0.05) is 87.8 Å². The number of carbonyl (C=O) groups is 4. The highest BCUT2D eigenvalue weighted by atomic mass is 35.5. The van der Waals surface area contributed by atoms with E-state index >= 15 is 0 Å². The molecule has 0 spiro atoms. The van der Waals surface area contributed by atoms with Gasteiger partial charge in [-0.2, -0.15) is 0 Å². The Kier molecular flexibility index (Phi) is 12.2. The average Bonchev–Trinajstić information content (AvgIpc) is 4.04. The average molecular weight is 837 g/mol. The van der Waals surface area contributed by atoms with E-state index in [1.54, 1.807) is 4.90 Å². The van der Waals surface area contributed by atoms with Gasteiger partial charge in [-0.3, -0.25) is 9.59 Å². The summed E-state index contributed by atoms with van der Waals surface area (Å²) in [5.74, 6) is 0.513. The van der Waals surface area contributed by atoms with Crippen molar-refractivity contribution < 1.29 is 29.0 Å². The first-order valence-corrected chi connectivity index (χ1v) is 21.0. The second kappa shape index (κ2) is 17.4. The van der Waals surface area contributed by atoms with Gasteiger partial charge in [-0.05, 0) is 85.4 Å². The van der Waals surface area contributed by atoms with Crippen LogP contribution in [0.15, 0.2) is 66.9 Å². The van der Waals surface area contributed by atoms with Crippen LogP contribution >= 0.6 is 11.6 Å². The zero-order valence-corrected chi connectivity index (χ0v) is 35.7. The van der Waals surface area contributed by atoms with Gasteiger partial charge in [0.05, 0.1) is 30.6 Å². The molecule has 0 unspecified atom stereocenters. The Morgan fingerprint density at radius 3 is 1.82 bits per heavy atom. The molecule has 0 saturated carbocycles. The lowest BCUT2D eigenvalue weighted by atomic mass is 9.98. The zero-order chi connectivity index (χ0) is 43.0. The third-order valence-electron chi connectivity index (χ3n) is 12.0. The fourth-order valence-electron chi connectivity index (χ4n) is 8.70. The van der Waals surface area contributed by atoms with Gasteiger partial charge >= 0.3 is 12.2 Å². The molecule has 7 rings (SSSR count). The summed E-state index contributed by atoms with van der Waals surface area (Å²) in [5, 5.41) is 16.9. The van der Waals surface area contributed by atoms with Crippen molar-refractivity contribution in [1.82, 2.24) is 40.4 Å². The number of hydrogen-bond donors (Lipinski definition) is 5. The molecule has 2 saturated heterocycles. The number of carbonyl (C=O) groups excluding carboxylic acids is 3. The molecule has 316 valence electrons. The van der Waals surface area contributed by atoms with Crippen LogP contribution in [0.25, 0.3) is 44.4 Å². The van der Waals surface area contributed by atoms with E-state index in [2.05, 4.69) is 63.1 Å². The van der Waals surface area contributed by atoms with Gasteiger partial charge in [-0.15, -0.1) is 0 Å². The summed E-state index contributed by atoms with van der Waals surface area (Å²) in [6.07, 6.45) is 3.01. The number of hydrogen-bond acceptors (Lipinski definition) is 7. The number of ether oxygens (including phenoxy) is 1. The van der Waals surface area contributed by atoms with Crippen LogP contribution in [0.3, 0.4) is 0 Å². The quantitative estimate of drug-likeness (QED) is 0.0874. The maximum Gasteiger partial charge on any atom is 0.407 e.